The number of fused-ring (bicyclic) bond motifs is 1. The average Bonchev–Trinajstić information content (AvgIpc) is 3.17. The summed E-state index contributed by atoms with van der Waals surface area (Å²) in [4.78, 5) is 0. The molecule has 0 radical (unpaired) electrons. The van der Waals surface area contributed by atoms with Gasteiger partial charge in [-0.1, -0.05) is 23.7 Å². The van der Waals surface area contributed by atoms with Crippen LogP contribution in [0.5, 0.6) is 0 Å². The molecule has 2 N–H and O–H groups in total. The molecule has 3 aromatic rings. The second-order valence-electron chi connectivity index (χ2n) is 7.43. The quantitative estimate of drug-likeness (QED) is 0.586. The molecule has 1 aliphatic heterocycles. The molecule has 1 aromatic heterocycles. The zero-order chi connectivity index (χ0) is 20.4. The highest BCUT2D eigenvalue weighted by Crippen LogP contribution is 2.38. The molecule has 1 aliphatic rings. The van der Waals surface area contributed by atoms with Gasteiger partial charge in [0.05, 0.1) is 18.3 Å². The zero-order valence-corrected chi connectivity index (χ0v) is 16.4. The van der Waals surface area contributed by atoms with E-state index in [1.54, 1.807) is 24.4 Å². The fourth-order valence-corrected chi connectivity index (χ4v) is 4.28. The number of halogens is 4. The Morgan fingerprint density at radius 3 is 2.55 bits per heavy atom. The molecule has 8 heteroatoms. The van der Waals surface area contributed by atoms with Gasteiger partial charge in [-0.3, -0.25) is 5.10 Å². The third-order valence-electron chi connectivity index (χ3n) is 5.64. The largest absolute Gasteiger partial charge is 0.367 e. The first kappa shape index (κ1) is 20.2. The Bertz CT molecular complexity index is 971. The molecule has 0 spiro atoms. The third kappa shape index (κ3) is 4.13. The van der Waals surface area contributed by atoms with Crippen molar-refractivity contribution in [3.8, 4) is 0 Å². The molecular weight excluding hydrogens is 403 g/mol. The second-order valence-corrected chi connectivity index (χ2v) is 7.87. The van der Waals surface area contributed by atoms with Gasteiger partial charge >= 0.3 is 0 Å². The van der Waals surface area contributed by atoms with Gasteiger partial charge in [-0.2, -0.15) is 5.10 Å². The molecule has 2 heterocycles. The molecule has 0 amide bonds. The number of benzene rings is 2. The van der Waals surface area contributed by atoms with E-state index < -0.39 is 17.9 Å². The van der Waals surface area contributed by atoms with Crippen LogP contribution in [0.4, 0.5) is 13.2 Å². The Kier molecular flexibility index (Phi) is 5.81. The molecule has 154 valence electrons. The van der Waals surface area contributed by atoms with E-state index in [2.05, 4.69) is 15.5 Å². The van der Waals surface area contributed by atoms with Crippen molar-refractivity contribution in [1.82, 2.24) is 15.5 Å². The number of piperidine rings is 1. The Morgan fingerprint density at radius 2 is 1.86 bits per heavy atom. The van der Waals surface area contributed by atoms with Crippen molar-refractivity contribution < 1.29 is 17.9 Å². The number of nitrogens with zero attached hydrogens (tertiary/aromatic N) is 1. The molecule has 2 aromatic carbocycles. The number of hydrogen-bond donors (Lipinski definition) is 2. The van der Waals surface area contributed by atoms with Crippen molar-refractivity contribution in [2.75, 3.05) is 19.7 Å². The number of ether oxygens (including phenoxy) is 1. The van der Waals surface area contributed by atoms with Crippen molar-refractivity contribution in [1.29, 1.82) is 0 Å². The maximum atomic E-state index is 14.0. The van der Waals surface area contributed by atoms with Gasteiger partial charge in [0.25, 0.3) is 6.43 Å². The van der Waals surface area contributed by atoms with Crippen LogP contribution in [0.25, 0.3) is 10.9 Å². The number of rotatable bonds is 6. The Balaban J connectivity index is 1.65. The van der Waals surface area contributed by atoms with E-state index in [1.807, 2.05) is 0 Å². The summed E-state index contributed by atoms with van der Waals surface area (Å²) in [5, 5.41) is 11.0. The van der Waals surface area contributed by atoms with Crippen LogP contribution < -0.4 is 5.32 Å². The molecule has 1 atom stereocenters. The van der Waals surface area contributed by atoms with Crippen LogP contribution in [0.15, 0.2) is 42.6 Å². The molecule has 1 saturated heterocycles. The summed E-state index contributed by atoms with van der Waals surface area (Å²) >= 11 is 6.13. The summed E-state index contributed by atoms with van der Waals surface area (Å²) in [6.45, 7) is 1.57. The van der Waals surface area contributed by atoms with E-state index in [0.29, 0.717) is 28.8 Å². The van der Waals surface area contributed by atoms with E-state index in [1.165, 1.54) is 18.2 Å². The average molecular weight is 424 g/mol. The van der Waals surface area contributed by atoms with Crippen LogP contribution in [0, 0.1) is 5.82 Å². The van der Waals surface area contributed by atoms with Crippen molar-refractivity contribution in [2.45, 2.75) is 30.8 Å². The molecule has 0 saturated carbocycles. The van der Waals surface area contributed by atoms with Gasteiger partial charge in [0.2, 0.25) is 0 Å². The molecule has 0 bridgehead atoms. The summed E-state index contributed by atoms with van der Waals surface area (Å²) in [5.41, 5.74) is 1.20. The first-order valence-electron chi connectivity index (χ1n) is 9.48. The first-order valence-corrected chi connectivity index (χ1v) is 9.85. The maximum absolute atomic E-state index is 14.0. The molecule has 1 fully saturated rings. The smallest absolute Gasteiger partial charge is 0.268 e. The van der Waals surface area contributed by atoms with Crippen molar-refractivity contribution in [2.24, 2.45) is 0 Å². The fourth-order valence-electron chi connectivity index (χ4n) is 4.04. The highest BCUT2D eigenvalue weighted by molar-refractivity contribution is 6.31. The minimum Gasteiger partial charge on any atom is -0.367 e. The van der Waals surface area contributed by atoms with E-state index in [-0.39, 0.29) is 18.0 Å². The van der Waals surface area contributed by atoms with E-state index in [9.17, 15) is 13.2 Å². The number of nitrogens with one attached hydrogen (secondary N) is 2. The van der Waals surface area contributed by atoms with Crippen LogP contribution in [0.1, 0.15) is 30.1 Å². The van der Waals surface area contributed by atoms with Gasteiger partial charge in [0, 0.05) is 21.4 Å². The van der Waals surface area contributed by atoms with Gasteiger partial charge in [-0.15, -0.1) is 0 Å². The predicted octanol–water partition coefficient (Wildman–Crippen LogP) is 5.00. The third-order valence-corrected chi connectivity index (χ3v) is 5.85. The minimum atomic E-state index is -2.74. The second kappa shape index (κ2) is 8.34. The summed E-state index contributed by atoms with van der Waals surface area (Å²) in [6, 6.07) is 9.39. The van der Waals surface area contributed by atoms with Crippen molar-refractivity contribution >= 4 is 22.5 Å². The topological polar surface area (TPSA) is 49.9 Å². The Hall–Kier alpha value is -2.09. The monoisotopic (exact) mass is 423 g/mol. The molecule has 1 unspecified atom stereocenters. The lowest BCUT2D eigenvalue weighted by Crippen LogP contribution is -2.43. The van der Waals surface area contributed by atoms with Crippen molar-refractivity contribution in [3.05, 3.63) is 64.6 Å². The molecule has 4 nitrogen and oxygen atoms in total. The molecule has 0 aliphatic carbocycles. The lowest BCUT2D eigenvalue weighted by molar-refractivity contribution is -0.0766. The summed E-state index contributed by atoms with van der Waals surface area (Å²) in [6.07, 6.45) is -1.23. The van der Waals surface area contributed by atoms with Crippen LogP contribution in [0.3, 0.4) is 0 Å². The normalized spacial score (nSPS) is 17.7. The van der Waals surface area contributed by atoms with Crippen molar-refractivity contribution in [3.63, 3.8) is 0 Å². The maximum Gasteiger partial charge on any atom is 0.268 e. The zero-order valence-electron chi connectivity index (χ0n) is 15.6. The van der Waals surface area contributed by atoms with Gasteiger partial charge in [0.15, 0.2) is 0 Å². The number of aromatic nitrogens is 2. The van der Waals surface area contributed by atoms with E-state index in [0.717, 1.165) is 18.7 Å². The standard InChI is InChI=1S/C21H21ClF3N3O/c22-15-9-13-11-27-28-18(13)17(10-15)19(20(24)25)29-12-21(5-7-26-8-6-21)14-1-3-16(23)4-2-14/h1-4,9-11,19-20,26H,5-8,12H2,(H,27,28). The van der Waals surface area contributed by atoms with E-state index >= 15 is 0 Å². The number of H-pyrrole nitrogens is 1. The van der Waals surface area contributed by atoms with Crippen LogP contribution in [0.2, 0.25) is 5.02 Å². The van der Waals surface area contributed by atoms with Gasteiger partial charge in [-0.25, -0.2) is 13.2 Å². The molecule has 29 heavy (non-hydrogen) atoms. The summed E-state index contributed by atoms with van der Waals surface area (Å²) < 4.78 is 47.3. The SMILES string of the molecule is Fc1ccc(C2(COC(c3cc(Cl)cc4cn[nH]c34)C(F)F)CCNCC2)cc1. The van der Waals surface area contributed by atoms with Gasteiger partial charge < -0.3 is 10.1 Å². The van der Waals surface area contributed by atoms with Crippen LogP contribution in [-0.2, 0) is 10.2 Å². The first-order chi connectivity index (χ1) is 14.0. The van der Waals surface area contributed by atoms with Crippen LogP contribution >= 0.6 is 11.6 Å². The number of alkyl halides is 2. The lowest BCUT2D eigenvalue weighted by atomic mass is 9.74. The Labute approximate surface area is 171 Å². The van der Waals surface area contributed by atoms with Gasteiger partial charge in [-0.05, 0) is 55.8 Å². The van der Waals surface area contributed by atoms with Gasteiger partial charge in [0.1, 0.15) is 11.9 Å². The number of aromatic amines is 1. The Morgan fingerprint density at radius 1 is 1.14 bits per heavy atom. The highest BCUT2D eigenvalue weighted by atomic mass is 35.5. The predicted molar refractivity (Wildman–Crippen MR) is 106 cm³/mol. The highest BCUT2D eigenvalue weighted by Gasteiger charge is 2.37. The molecular formula is C21H21ClF3N3O. The molecule has 4 rings (SSSR count). The van der Waals surface area contributed by atoms with Crippen LogP contribution in [-0.4, -0.2) is 36.3 Å². The summed E-state index contributed by atoms with van der Waals surface area (Å²) in [7, 11) is 0. The summed E-state index contributed by atoms with van der Waals surface area (Å²) in [5.74, 6) is -0.329. The minimum absolute atomic E-state index is 0.0947. The number of hydrogen-bond acceptors (Lipinski definition) is 3. The fraction of sp³-hybridized carbons (Fsp3) is 0.381. The van der Waals surface area contributed by atoms with E-state index in [4.69, 9.17) is 16.3 Å². The lowest BCUT2D eigenvalue weighted by Gasteiger charge is -2.39.